The molecular formula is C26H23F3N6O3. The zero-order chi connectivity index (χ0) is 26.6. The largest absolute Gasteiger partial charge is 0.573 e. The van der Waals surface area contributed by atoms with Crippen LogP contribution in [0.5, 0.6) is 5.75 Å². The predicted octanol–water partition coefficient (Wildman–Crippen LogP) is 3.81. The van der Waals surface area contributed by atoms with Crippen molar-refractivity contribution in [2.24, 2.45) is 5.92 Å². The second-order valence-corrected chi connectivity index (χ2v) is 9.65. The number of alkyl halides is 3. The summed E-state index contributed by atoms with van der Waals surface area (Å²) in [5, 5.41) is 11.6. The maximum absolute atomic E-state index is 13.1. The number of aromatic amines is 1. The molecule has 0 unspecified atom stereocenters. The monoisotopic (exact) mass is 524 g/mol. The molecule has 4 aromatic rings. The third kappa shape index (κ3) is 4.57. The van der Waals surface area contributed by atoms with Gasteiger partial charge in [0.05, 0.1) is 11.8 Å². The van der Waals surface area contributed by atoms with E-state index < -0.39 is 6.36 Å². The summed E-state index contributed by atoms with van der Waals surface area (Å²) in [6, 6.07) is 11.0. The molecule has 0 bridgehead atoms. The van der Waals surface area contributed by atoms with Crippen molar-refractivity contribution in [1.82, 2.24) is 20.0 Å². The van der Waals surface area contributed by atoms with Gasteiger partial charge in [-0.25, -0.2) is 5.10 Å². The van der Waals surface area contributed by atoms with E-state index in [1.807, 2.05) is 18.2 Å². The second-order valence-electron chi connectivity index (χ2n) is 9.65. The van der Waals surface area contributed by atoms with Crippen molar-refractivity contribution in [2.75, 3.05) is 17.2 Å². The molecule has 1 fully saturated rings. The fourth-order valence-corrected chi connectivity index (χ4v) is 4.97. The summed E-state index contributed by atoms with van der Waals surface area (Å²) >= 11 is 0. The average molecular weight is 525 g/mol. The van der Waals surface area contributed by atoms with Gasteiger partial charge in [0.2, 0.25) is 5.91 Å². The first-order valence-electron chi connectivity index (χ1n) is 12.2. The van der Waals surface area contributed by atoms with Crippen LogP contribution in [-0.4, -0.2) is 38.8 Å². The molecule has 3 N–H and O–H groups in total. The number of nitrogens with two attached hydrogens (primary N) is 1. The van der Waals surface area contributed by atoms with Crippen molar-refractivity contribution < 1.29 is 22.7 Å². The van der Waals surface area contributed by atoms with Crippen LogP contribution in [0.15, 0.2) is 47.3 Å². The van der Waals surface area contributed by atoms with E-state index in [1.54, 1.807) is 15.6 Å². The van der Waals surface area contributed by atoms with Gasteiger partial charge < -0.3 is 15.4 Å². The normalized spacial score (nSPS) is 15.2. The average Bonchev–Trinajstić information content (AvgIpc) is 3.43. The summed E-state index contributed by atoms with van der Waals surface area (Å²) in [5.41, 5.74) is 9.59. The van der Waals surface area contributed by atoms with Gasteiger partial charge in [0.15, 0.2) is 5.82 Å². The Morgan fingerprint density at radius 1 is 1.18 bits per heavy atom. The van der Waals surface area contributed by atoms with Gasteiger partial charge in [0.25, 0.3) is 5.56 Å². The molecule has 0 saturated heterocycles. The summed E-state index contributed by atoms with van der Waals surface area (Å²) in [6.07, 6.45) is -2.09. The van der Waals surface area contributed by atoms with E-state index in [0.29, 0.717) is 47.6 Å². The van der Waals surface area contributed by atoms with Gasteiger partial charge in [-0.05, 0) is 60.6 Å². The van der Waals surface area contributed by atoms with Gasteiger partial charge in [-0.3, -0.25) is 14.3 Å². The maximum atomic E-state index is 13.1. The molecule has 2 aromatic heterocycles. The SMILES string of the molecule is Nc1n[nH]c(=O)c2c1c(-c1ccc3c(c1)CCN3C(=O)Cc1cccc(OC(F)(F)F)c1)nn2CC1CC1. The molecule has 6 rings (SSSR count). The van der Waals surface area contributed by atoms with Crippen molar-refractivity contribution in [3.05, 3.63) is 63.9 Å². The minimum atomic E-state index is -4.80. The number of carbonyl (C=O) groups excluding carboxylic acids is 1. The van der Waals surface area contributed by atoms with E-state index in [-0.39, 0.29) is 29.5 Å². The Balaban J connectivity index is 1.28. The molecule has 0 atom stereocenters. The molecule has 0 spiro atoms. The van der Waals surface area contributed by atoms with Crippen molar-refractivity contribution in [1.29, 1.82) is 0 Å². The second kappa shape index (κ2) is 8.89. The number of anilines is 2. The Labute approximate surface area is 214 Å². The van der Waals surface area contributed by atoms with E-state index >= 15 is 0 Å². The number of fused-ring (bicyclic) bond motifs is 2. The number of nitrogen functional groups attached to an aromatic ring is 1. The number of carbonyl (C=O) groups is 1. The van der Waals surface area contributed by atoms with Crippen molar-refractivity contribution in [3.8, 4) is 17.0 Å². The molecule has 1 saturated carbocycles. The molecule has 1 amide bonds. The summed E-state index contributed by atoms with van der Waals surface area (Å²) in [6.45, 7) is 1.07. The lowest BCUT2D eigenvalue weighted by Gasteiger charge is -2.18. The minimum absolute atomic E-state index is 0.0720. The highest BCUT2D eigenvalue weighted by molar-refractivity contribution is 6.01. The summed E-state index contributed by atoms with van der Waals surface area (Å²) < 4.78 is 43.4. The van der Waals surface area contributed by atoms with Crippen LogP contribution in [0.2, 0.25) is 0 Å². The van der Waals surface area contributed by atoms with Crippen molar-refractivity contribution >= 4 is 28.3 Å². The molecule has 2 aliphatic rings. The van der Waals surface area contributed by atoms with E-state index in [2.05, 4.69) is 14.9 Å². The summed E-state index contributed by atoms with van der Waals surface area (Å²) in [7, 11) is 0. The zero-order valence-corrected chi connectivity index (χ0v) is 20.1. The summed E-state index contributed by atoms with van der Waals surface area (Å²) in [5.74, 6) is 0.0701. The number of nitrogens with one attached hydrogen (secondary N) is 1. The van der Waals surface area contributed by atoms with Gasteiger partial charge >= 0.3 is 6.36 Å². The molecule has 0 radical (unpaired) electrons. The van der Waals surface area contributed by atoms with Crippen LogP contribution in [0.25, 0.3) is 22.2 Å². The molecule has 38 heavy (non-hydrogen) atoms. The fraction of sp³-hybridized carbons (Fsp3) is 0.308. The lowest BCUT2D eigenvalue weighted by Crippen LogP contribution is -2.30. The number of ether oxygens (including phenoxy) is 1. The number of benzene rings is 2. The van der Waals surface area contributed by atoms with Crippen LogP contribution >= 0.6 is 0 Å². The van der Waals surface area contributed by atoms with Gasteiger partial charge in [0, 0.05) is 24.3 Å². The van der Waals surface area contributed by atoms with Crippen LogP contribution in [0, 0.1) is 5.92 Å². The number of nitrogens with zero attached hydrogens (tertiary/aromatic N) is 4. The van der Waals surface area contributed by atoms with Gasteiger partial charge in [-0.15, -0.1) is 13.2 Å². The van der Waals surface area contributed by atoms with Crippen LogP contribution in [0.1, 0.15) is 24.0 Å². The van der Waals surface area contributed by atoms with Gasteiger partial charge in [0.1, 0.15) is 17.0 Å². The quantitative estimate of drug-likeness (QED) is 0.396. The lowest BCUT2D eigenvalue weighted by molar-refractivity contribution is -0.274. The number of amides is 1. The first-order chi connectivity index (χ1) is 18.2. The standard InChI is InChI=1S/C26H23F3N6O3/c27-26(28,29)38-18-3-1-2-15(10-18)11-20(36)34-9-8-16-12-17(6-7-19(16)34)22-21-23(25(37)32-31-24(21)30)35(33-22)13-14-4-5-14/h1-3,6-7,10,12,14H,4-5,8-9,11,13H2,(H2,30,31)(H,32,37). The van der Waals surface area contributed by atoms with E-state index in [1.165, 1.54) is 18.2 Å². The molecule has 1 aliphatic carbocycles. The molecule has 2 aromatic carbocycles. The highest BCUT2D eigenvalue weighted by Crippen LogP contribution is 2.37. The maximum Gasteiger partial charge on any atom is 0.573 e. The first kappa shape index (κ1) is 24.0. The van der Waals surface area contributed by atoms with Crippen LogP contribution < -0.4 is 20.9 Å². The topological polar surface area (TPSA) is 119 Å². The Kier molecular flexibility index (Phi) is 5.62. The van der Waals surface area contributed by atoms with Crippen LogP contribution in [0.3, 0.4) is 0 Å². The molecule has 12 heteroatoms. The van der Waals surface area contributed by atoms with E-state index in [9.17, 15) is 22.8 Å². The number of hydrogen-bond donors (Lipinski definition) is 2. The lowest BCUT2D eigenvalue weighted by atomic mass is 10.0. The van der Waals surface area contributed by atoms with Crippen molar-refractivity contribution in [3.63, 3.8) is 0 Å². The van der Waals surface area contributed by atoms with E-state index in [4.69, 9.17) is 10.8 Å². The third-order valence-electron chi connectivity index (χ3n) is 6.87. The first-order valence-corrected chi connectivity index (χ1v) is 12.2. The Morgan fingerprint density at radius 3 is 2.76 bits per heavy atom. The molecular weight excluding hydrogens is 501 g/mol. The van der Waals surface area contributed by atoms with Gasteiger partial charge in [-0.1, -0.05) is 18.2 Å². The number of halogens is 3. The Morgan fingerprint density at radius 2 is 2.00 bits per heavy atom. The number of rotatable bonds is 6. The van der Waals surface area contributed by atoms with Crippen molar-refractivity contribution in [2.45, 2.75) is 38.6 Å². The minimum Gasteiger partial charge on any atom is -0.406 e. The smallest absolute Gasteiger partial charge is 0.406 e. The zero-order valence-electron chi connectivity index (χ0n) is 20.1. The highest BCUT2D eigenvalue weighted by atomic mass is 19.4. The number of aromatic nitrogens is 4. The number of H-pyrrole nitrogens is 1. The molecule has 9 nitrogen and oxygen atoms in total. The summed E-state index contributed by atoms with van der Waals surface area (Å²) in [4.78, 5) is 27.3. The van der Waals surface area contributed by atoms with Crippen LogP contribution in [0.4, 0.5) is 24.7 Å². The molecule has 1 aliphatic heterocycles. The fourth-order valence-electron chi connectivity index (χ4n) is 4.97. The third-order valence-corrected chi connectivity index (χ3v) is 6.87. The Hall–Kier alpha value is -4.35. The molecule has 3 heterocycles. The molecule has 196 valence electrons. The predicted molar refractivity (Wildman–Crippen MR) is 134 cm³/mol. The van der Waals surface area contributed by atoms with Gasteiger partial charge in [-0.2, -0.15) is 10.2 Å². The Bertz CT molecular complexity index is 1620. The van der Waals surface area contributed by atoms with E-state index in [0.717, 1.165) is 29.7 Å². The highest BCUT2D eigenvalue weighted by Gasteiger charge is 2.32. The van der Waals surface area contributed by atoms with Crippen LogP contribution in [-0.2, 0) is 24.2 Å². The number of hydrogen-bond acceptors (Lipinski definition) is 6.